The van der Waals surface area contributed by atoms with E-state index in [0.29, 0.717) is 0 Å². The van der Waals surface area contributed by atoms with Crippen LogP contribution in [0.25, 0.3) is 0 Å². The zero-order chi connectivity index (χ0) is 13.9. The summed E-state index contributed by atoms with van der Waals surface area (Å²) in [5, 5.41) is 6.48. The van der Waals surface area contributed by atoms with Gasteiger partial charge >= 0.3 is 0 Å². The molecule has 0 radical (unpaired) electrons. The van der Waals surface area contributed by atoms with E-state index < -0.39 is 9.84 Å². The van der Waals surface area contributed by atoms with Crippen LogP contribution < -0.4 is 5.32 Å². The van der Waals surface area contributed by atoms with Crippen molar-refractivity contribution in [2.75, 3.05) is 11.6 Å². The SMILES string of the molecule is CS(=O)(=O)c1ccccc1NC(=O)Cn1cccn1. The second-order valence-corrected chi connectivity index (χ2v) is 6.00. The summed E-state index contributed by atoms with van der Waals surface area (Å²) in [6, 6.07) is 7.99. The lowest BCUT2D eigenvalue weighted by Gasteiger charge is -2.09. The van der Waals surface area contributed by atoms with E-state index in [1.807, 2.05) is 0 Å². The molecule has 1 aromatic heterocycles. The first-order valence-electron chi connectivity index (χ1n) is 5.53. The number of amides is 1. The van der Waals surface area contributed by atoms with Gasteiger partial charge in [-0.05, 0) is 18.2 Å². The highest BCUT2D eigenvalue weighted by molar-refractivity contribution is 7.90. The molecule has 0 unspecified atom stereocenters. The number of anilines is 1. The van der Waals surface area contributed by atoms with E-state index in [-0.39, 0.29) is 23.0 Å². The number of nitrogens with one attached hydrogen (secondary N) is 1. The van der Waals surface area contributed by atoms with Gasteiger partial charge in [0.05, 0.1) is 10.6 Å². The van der Waals surface area contributed by atoms with Crippen molar-refractivity contribution in [1.82, 2.24) is 9.78 Å². The van der Waals surface area contributed by atoms with E-state index in [4.69, 9.17) is 0 Å². The normalized spacial score (nSPS) is 11.2. The first kappa shape index (κ1) is 13.3. The highest BCUT2D eigenvalue weighted by atomic mass is 32.2. The molecule has 0 bridgehead atoms. The van der Waals surface area contributed by atoms with Crippen molar-refractivity contribution < 1.29 is 13.2 Å². The topological polar surface area (TPSA) is 81.1 Å². The Labute approximate surface area is 111 Å². The average molecular weight is 279 g/mol. The van der Waals surface area contributed by atoms with Gasteiger partial charge in [-0.1, -0.05) is 12.1 Å². The van der Waals surface area contributed by atoms with Gasteiger partial charge in [0, 0.05) is 18.6 Å². The molecular weight excluding hydrogens is 266 g/mol. The maximum Gasteiger partial charge on any atom is 0.246 e. The van der Waals surface area contributed by atoms with Crippen molar-refractivity contribution in [3.8, 4) is 0 Å². The molecule has 2 rings (SSSR count). The predicted octanol–water partition coefficient (Wildman–Crippen LogP) is 0.925. The van der Waals surface area contributed by atoms with Gasteiger partial charge in [0.1, 0.15) is 6.54 Å². The molecule has 6 nitrogen and oxygen atoms in total. The van der Waals surface area contributed by atoms with E-state index in [0.717, 1.165) is 6.26 Å². The summed E-state index contributed by atoms with van der Waals surface area (Å²) >= 11 is 0. The standard InChI is InChI=1S/C12H13N3O3S/c1-19(17,18)11-6-3-2-5-10(11)14-12(16)9-15-8-4-7-13-15/h2-8H,9H2,1H3,(H,14,16). The third kappa shape index (κ3) is 3.41. The molecule has 7 heteroatoms. The first-order chi connectivity index (χ1) is 8.97. The fraction of sp³-hybridized carbons (Fsp3) is 0.167. The summed E-state index contributed by atoms with van der Waals surface area (Å²) in [7, 11) is -3.38. The van der Waals surface area contributed by atoms with Crippen LogP contribution in [0.1, 0.15) is 0 Å². The second kappa shape index (κ2) is 5.23. The number of sulfone groups is 1. The lowest BCUT2D eigenvalue weighted by Crippen LogP contribution is -2.20. The number of benzene rings is 1. The van der Waals surface area contributed by atoms with Crippen LogP contribution in [0.4, 0.5) is 5.69 Å². The molecule has 0 atom stereocenters. The van der Waals surface area contributed by atoms with Crippen LogP contribution in [0.15, 0.2) is 47.6 Å². The van der Waals surface area contributed by atoms with Gasteiger partial charge in [-0.2, -0.15) is 5.10 Å². The maximum absolute atomic E-state index is 11.8. The Morgan fingerprint density at radius 2 is 2.05 bits per heavy atom. The van der Waals surface area contributed by atoms with E-state index in [1.54, 1.807) is 36.7 Å². The highest BCUT2D eigenvalue weighted by Gasteiger charge is 2.14. The van der Waals surface area contributed by atoms with Crippen molar-refractivity contribution in [1.29, 1.82) is 0 Å². The fourth-order valence-electron chi connectivity index (χ4n) is 1.62. The van der Waals surface area contributed by atoms with E-state index >= 15 is 0 Å². The van der Waals surface area contributed by atoms with Gasteiger partial charge in [0.2, 0.25) is 5.91 Å². The molecule has 0 spiro atoms. The van der Waals surface area contributed by atoms with E-state index in [1.165, 1.54) is 10.7 Å². The molecule has 2 aromatic rings. The number of carbonyl (C=O) groups excluding carboxylic acids is 1. The molecule has 0 aliphatic carbocycles. The smallest absolute Gasteiger partial charge is 0.246 e. The van der Waals surface area contributed by atoms with Crippen molar-refractivity contribution in [3.05, 3.63) is 42.7 Å². The van der Waals surface area contributed by atoms with E-state index in [2.05, 4.69) is 10.4 Å². The number of rotatable bonds is 4. The van der Waals surface area contributed by atoms with Crippen LogP contribution in [0.2, 0.25) is 0 Å². The van der Waals surface area contributed by atoms with Crippen LogP contribution in [-0.2, 0) is 21.2 Å². The summed E-state index contributed by atoms with van der Waals surface area (Å²) in [6.45, 7) is 0.0328. The largest absolute Gasteiger partial charge is 0.323 e. The minimum atomic E-state index is -3.38. The number of aromatic nitrogens is 2. The Morgan fingerprint density at radius 3 is 2.68 bits per heavy atom. The Morgan fingerprint density at radius 1 is 1.32 bits per heavy atom. The van der Waals surface area contributed by atoms with Gasteiger partial charge in [-0.25, -0.2) is 8.42 Å². The van der Waals surface area contributed by atoms with Crippen molar-refractivity contribution in [3.63, 3.8) is 0 Å². The third-order valence-electron chi connectivity index (χ3n) is 2.43. The van der Waals surface area contributed by atoms with Gasteiger partial charge in [-0.15, -0.1) is 0 Å². The van der Waals surface area contributed by atoms with Crippen LogP contribution in [-0.4, -0.2) is 30.4 Å². The molecule has 0 saturated heterocycles. The molecule has 0 aliphatic heterocycles. The Kier molecular flexibility index (Phi) is 3.66. The summed E-state index contributed by atoms with van der Waals surface area (Å²) in [5.41, 5.74) is 0.280. The molecule has 0 fully saturated rings. The minimum Gasteiger partial charge on any atom is -0.323 e. The predicted molar refractivity (Wildman–Crippen MR) is 70.4 cm³/mol. The fourth-order valence-corrected chi connectivity index (χ4v) is 2.47. The Hall–Kier alpha value is -2.15. The molecule has 1 amide bonds. The lowest BCUT2D eigenvalue weighted by atomic mass is 10.3. The number of para-hydroxylation sites is 1. The van der Waals surface area contributed by atoms with Crippen molar-refractivity contribution >= 4 is 21.4 Å². The van der Waals surface area contributed by atoms with Crippen LogP contribution in [0.3, 0.4) is 0 Å². The van der Waals surface area contributed by atoms with Gasteiger partial charge < -0.3 is 5.32 Å². The number of nitrogens with zero attached hydrogens (tertiary/aromatic N) is 2. The molecule has 1 N–H and O–H groups in total. The van der Waals surface area contributed by atoms with Crippen LogP contribution in [0.5, 0.6) is 0 Å². The summed E-state index contributed by atoms with van der Waals surface area (Å²) < 4.78 is 24.6. The highest BCUT2D eigenvalue weighted by Crippen LogP contribution is 2.20. The molecule has 0 saturated carbocycles. The summed E-state index contributed by atoms with van der Waals surface area (Å²) in [5.74, 6) is -0.334. The van der Waals surface area contributed by atoms with Gasteiger partial charge in [0.15, 0.2) is 9.84 Å². The van der Waals surface area contributed by atoms with Crippen LogP contribution in [0, 0.1) is 0 Å². The zero-order valence-corrected chi connectivity index (χ0v) is 11.1. The third-order valence-corrected chi connectivity index (χ3v) is 3.58. The number of carbonyl (C=O) groups is 1. The summed E-state index contributed by atoms with van der Waals surface area (Å²) in [4.78, 5) is 11.9. The van der Waals surface area contributed by atoms with Gasteiger partial charge in [0.25, 0.3) is 0 Å². The molecule has 0 aliphatic rings. The number of hydrogen-bond donors (Lipinski definition) is 1. The monoisotopic (exact) mass is 279 g/mol. The molecule has 100 valence electrons. The average Bonchev–Trinajstić information content (AvgIpc) is 2.81. The van der Waals surface area contributed by atoms with Crippen molar-refractivity contribution in [2.24, 2.45) is 0 Å². The first-order valence-corrected chi connectivity index (χ1v) is 7.42. The van der Waals surface area contributed by atoms with Gasteiger partial charge in [-0.3, -0.25) is 9.48 Å². The van der Waals surface area contributed by atoms with Crippen molar-refractivity contribution in [2.45, 2.75) is 11.4 Å². The number of hydrogen-bond acceptors (Lipinski definition) is 4. The molecular formula is C12H13N3O3S. The van der Waals surface area contributed by atoms with E-state index in [9.17, 15) is 13.2 Å². The molecule has 1 aromatic carbocycles. The Balaban J connectivity index is 2.18. The quantitative estimate of drug-likeness (QED) is 0.902. The molecule has 1 heterocycles. The van der Waals surface area contributed by atoms with Crippen LogP contribution >= 0.6 is 0 Å². The molecule has 19 heavy (non-hydrogen) atoms. The second-order valence-electron chi connectivity index (χ2n) is 4.02. The lowest BCUT2D eigenvalue weighted by molar-refractivity contribution is -0.116. The Bertz CT molecular complexity index is 678. The summed E-state index contributed by atoms with van der Waals surface area (Å²) in [6.07, 6.45) is 4.32. The minimum absolute atomic E-state index is 0.0328. The zero-order valence-electron chi connectivity index (χ0n) is 10.3. The maximum atomic E-state index is 11.8.